The number of benzene rings is 1. The minimum absolute atomic E-state index is 0.0564. The van der Waals surface area contributed by atoms with Gasteiger partial charge in [-0.1, -0.05) is 18.2 Å². The van der Waals surface area contributed by atoms with E-state index in [9.17, 15) is 9.59 Å². The molecular weight excluding hydrogens is 340 g/mol. The number of fused-ring (bicyclic) bond motifs is 1. The first kappa shape index (κ1) is 17.7. The summed E-state index contributed by atoms with van der Waals surface area (Å²) in [6.07, 6.45) is 2.05. The minimum Gasteiger partial charge on any atom is -0.311 e. The maximum absolute atomic E-state index is 12.8. The lowest BCUT2D eigenvalue weighted by molar-refractivity contribution is 0.197. The van der Waals surface area contributed by atoms with Crippen molar-refractivity contribution in [2.45, 2.75) is 32.2 Å². The number of likely N-dealkylation sites (tertiary alicyclic amines) is 1. The highest BCUT2D eigenvalue weighted by Crippen LogP contribution is 2.26. The molecule has 27 heavy (non-hydrogen) atoms. The first-order chi connectivity index (χ1) is 13.0. The second-order valence-electron chi connectivity index (χ2n) is 7.42. The Morgan fingerprint density at radius 3 is 2.85 bits per heavy atom. The Bertz CT molecular complexity index is 1100. The number of aromatic amines is 1. The summed E-state index contributed by atoms with van der Waals surface area (Å²) in [4.78, 5) is 34.1. The van der Waals surface area contributed by atoms with E-state index >= 15 is 0 Å². The van der Waals surface area contributed by atoms with Crippen LogP contribution in [0.1, 0.15) is 35.8 Å². The lowest BCUT2D eigenvalue weighted by Crippen LogP contribution is -2.36. The fourth-order valence-corrected chi connectivity index (χ4v) is 4.10. The second-order valence-corrected chi connectivity index (χ2v) is 7.42. The smallest absolute Gasteiger partial charge is 0.255 e. The summed E-state index contributed by atoms with van der Waals surface area (Å²) in [5, 5.41) is 1.08. The molecule has 0 unspecified atom stereocenters. The van der Waals surface area contributed by atoms with E-state index < -0.39 is 0 Å². The monoisotopic (exact) mass is 364 g/mol. The predicted octanol–water partition coefficient (Wildman–Crippen LogP) is 2.31. The highest BCUT2D eigenvalue weighted by molar-refractivity contribution is 5.79. The number of para-hydroxylation sites is 1. The van der Waals surface area contributed by atoms with Crippen molar-refractivity contribution in [3.63, 3.8) is 0 Å². The van der Waals surface area contributed by atoms with Gasteiger partial charge in [-0.15, -0.1) is 0 Å². The minimum atomic E-state index is -0.0991. The summed E-state index contributed by atoms with van der Waals surface area (Å²) in [5.74, 6) is 0.877. The molecule has 1 aliphatic heterocycles. The molecule has 3 aromatic rings. The third kappa shape index (κ3) is 3.57. The SMILES string of the molecule is Cc1nc([C@@H]2CCCN(Cc3cc4ccccc4n(C)c3=O)C2)cc(=O)[nH]1. The number of hydrogen-bond donors (Lipinski definition) is 1. The van der Waals surface area contributed by atoms with E-state index in [4.69, 9.17) is 0 Å². The van der Waals surface area contributed by atoms with Gasteiger partial charge in [0.1, 0.15) is 5.82 Å². The number of pyridine rings is 1. The first-order valence-electron chi connectivity index (χ1n) is 9.39. The van der Waals surface area contributed by atoms with Gasteiger partial charge in [-0.3, -0.25) is 14.5 Å². The second kappa shape index (κ2) is 7.12. The summed E-state index contributed by atoms with van der Waals surface area (Å²) in [5.41, 5.74) is 2.57. The lowest BCUT2D eigenvalue weighted by Gasteiger charge is -2.32. The van der Waals surface area contributed by atoms with Crippen LogP contribution in [-0.2, 0) is 13.6 Å². The molecule has 0 aliphatic carbocycles. The van der Waals surface area contributed by atoms with Crippen LogP contribution in [0.4, 0.5) is 0 Å². The van der Waals surface area contributed by atoms with E-state index in [1.165, 1.54) is 0 Å². The highest BCUT2D eigenvalue weighted by atomic mass is 16.1. The van der Waals surface area contributed by atoms with Gasteiger partial charge in [0.05, 0.1) is 11.2 Å². The number of piperidine rings is 1. The van der Waals surface area contributed by atoms with Crippen molar-refractivity contribution in [2.75, 3.05) is 13.1 Å². The van der Waals surface area contributed by atoms with Crippen LogP contribution in [0.15, 0.2) is 46.0 Å². The third-order valence-electron chi connectivity index (χ3n) is 5.40. The molecule has 0 amide bonds. The summed E-state index contributed by atoms with van der Waals surface area (Å²) < 4.78 is 1.73. The van der Waals surface area contributed by atoms with Gasteiger partial charge in [0.15, 0.2) is 0 Å². The molecule has 0 saturated carbocycles. The molecule has 3 heterocycles. The molecule has 140 valence electrons. The van der Waals surface area contributed by atoms with Crippen molar-refractivity contribution in [3.8, 4) is 0 Å². The quantitative estimate of drug-likeness (QED) is 0.774. The summed E-state index contributed by atoms with van der Waals surface area (Å²) >= 11 is 0. The van der Waals surface area contributed by atoms with Gasteiger partial charge in [0.2, 0.25) is 0 Å². The standard InChI is InChI=1S/C21H24N4O2/c1-14-22-18(11-20(26)23-14)16-7-5-9-25(12-16)13-17-10-15-6-3-4-8-19(15)24(2)21(17)27/h3-4,6,8,10-11,16H,5,7,9,12-13H2,1-2H3,(H,22,23,26)/t16-/m1/s1. The van der Waals surface area contributed by atoms with Crippen LogP contribution < -0.4 is 11.1 Å². The van der Waals surface area contributed by atoms with Gasteiger partial charge in [-0.05, 0) is 43.8 Å². The van der Waals surface area contributed by atoms with Gasteiger partial charge < -0.3 is 9.55 Å². The van der Waals surface area contributed by atoms with E-state index in [1.54, 1.807) is 10.6 Å². The summed E-state index contributed by atoms with van der Waals surface area (Å²) in [6, 6.07) is 11.6. The normalized spacial score (nSPS) is 18.1. The Morgan fingerprint density at radius 2 is 2.04 bits per heavy atom. The molecule has 6 heteroatoms. The zero-order chi connectivity index (χ0) is 19.0. The Balaban J connectivity index is 1.59. The van der Waals surface area contributed by atoms with E-state index in [-0.39, 0.29) is 17.0 Å². The number of nitrogens with zero attached hydrogens (tertiary/aromatic N) is 3. The van der Waals surface area contributed by atoms with Gasteiger partial charge in [0, 0.05) is 37.7 Å². The van der Waals surface area contributed by atoms with Gasteiger partial charge in [-0.25, -0.2) is 4.98 Å². The molecule has 1 saturated heterocycles. The molecule has 2 aromatic heterocycles. The first-order valence-corrected chi connectivity index (χ1v) is 9.39. The zero-order valence-electron chi connectivity index (χ0n) is 15.7. The van der Waals surface area contributed by atoms with Crippen molar-refractivity contribution in [2.24, 2.45) is 7.05 Å². The maximum atomic E-state index is 12.8. The zero-order valence-corrected chi connectivity index (χ0v) is 15.7. The lowest BCUT2D eigenvalue weighted by atomic mass is 9.94. The van der Waals surface area contributed by atoms with Crippen molar-refractivity contribution in [1.29, 1.82) is 0 Å². The van der Waals surface area contributed by atoms with Crippen LogP contribution in [0.2, 0.25) is 0 Å². The average Bonchev–Trinajstić information content (AvgIpc) is 2.65. The van der Waals surface area contributed by atoms with Crippen molar-refractivity contribution in [1.82, 2.24) is 19.4 Å². The number of nitrogens with one attached hydrogen (secondary N) is 1. The molecule has 1 fully saturated rings. The number of hydrogen-bond acceptors (Lipinski definition) is 4. The number of aryl methyl sites for hydroxylation is 2. The molecule has 1 aliphatic rings. The van der Waals surface area contributed by atoms with E-state index in [2.05, 4.69) is 14.9 Å². The van der Waals surface area contributed by atoms with Gasteiger partial charge in [0.25, 0.3) is 11.1 Å². The van der Waals surface area contributed by atoms with Crippen LogP contribution in [0.3, 0.4) is 0 Å². The molecule has 0 radical (unpaired) electrons. The molecule has 1 N–H and O–H groups in total. The van der Waals surface area contributed by atoms with Gasteiger partial charge >= 0.3 is 0 Å². The molecule has 0 bridgehead atoms. The molecule has 1 atom stereocenters. The Labute approximate surface area is 157 Å². The van der Waals surface area contributed by atoms with Crippen LogP contribution in [0.5, 0.6) is 0 Å². The van der Waals surface area contributed by atoms with Crippen molar-refractivity contribution >= 4 is 10.9 Å². The molecule has 0 spiro atoms. The van der Waals surface area contributed by atoms with E-state index in [1.807, 2.05) is 44.3 Å². The molecule has 1 aromatic carbocycles. The highest BCUT2D eigenvalue weighted by Gasteiger charge is 2.24. The van der Waals surface area contributed by atoms with E-state index in [0.717, 1.165) is 48.1 Å². The number of aromatic nitrogens is 3. The fraction of sp³-hybridized carbons (Fsp3) is 0.381. The topological polar surface area (TPSA) is 71.0 Å². The van der Waals surface area contributed by atoms with Crippen LogP contribution in [0.25, 0.3) is 10.9 Å². The van der Waals surface area contributed by atoms with Gasteiger partial charge in [-0.2, -0.15) is 0 Å². The maximum Gasteiger partial charge on any atom is 0.255 e. The third-order valence-corrected chi connectivity index (χ3v) is 5.40. The molecule has 6 nitrogen and oxygen atoms in total. The Kier molecular flexibility index (Phi) is 4.66. The van der Waals surface area contributed by atoms with Crippen LogP contribution in [0, 0.1) is 6.92 Å². The average molecular weight is 364 g/mol. The fourth-order valence-electron chi connectivity index (χ4n) is 4.10. The molecule has 4 rings (SSSR count). The predicted molar refractivity (Wildman–Crippen MR) is 106 cm³/mol. The van der Waals surface area contributed by atoms with Crippen molar-refractivity contribution in [3.05, 3.63) is 74.2 Å². The van der Waals surface area contributed by atoms with Crippen molar-refractivity contribution < 1.29 is 0 Å². The molecular formula is C21H24N4O2. The Hall–Kier alpha value is -2.73. The van der Waals surface area contributed by atoms with Crippen LogP contribution >= 0.6 is 0 Å². The number of rotatable bonds is 3. The van der Waals surface area contributed by atoms with Crippen LogP contribution in [-0.4, -0.2) is 32.5 Å². The summed E-state index contributed by atoms with van der Waals surface area (Å²) in [6.45, 7) is 4.20. The van der Waals surface area contributed by atoms with E-state index in [0.29, 0.717) is 12.4 Å². The Morgan fingerprint density at radius 1 is 1.22 bits per heavy atom. The summed E-state index contributed by atoms with van der Waals surface area (Å²) in [7, 11) is 1.83. The number of H-pyrrole nitrogens is 1. The largest absolute Gasteiger partial charge is 0.311 e.